The number of aliphatic hydroxyl groups is 1. The Morgan fingerprint density at radius 2 is 2.39 bits per heavy atom. The quantitative estimate of drug-likeness (QED) is 0.671. The van der Waals surface area contributed by atoms with Crippen LogP contribution in [0.25, 0.3) is 0 Å². The number of nitro benzene ring substituents is 1. The largest absolute Gasteiger partial charge is 0.392 e. The second-order valence-corrected chi connectivity index (χ2v) is 5.90. The Balaban J connectivity index is 2.29. The number of nitro groups is 1. The lowest BCUT2D eigenvalue weighted by molar-refractivity contribution is -0.384. The number of non-ortho nitro benzene ring substituents is 1. The average Bonchev–Trinajstić information content (AvgIpc) is 2.37. The Labute approximate surface area is 110 Å². The van der Waals surface area contributed by atoms with Crippen molar-refractivity contribution in [3.63, 3.8) is 0 Å². The highest BCUT2D eigenvalue weighted by molar-refractivity contribution is 8.00. The monoisotopic (exact) mass is 268 g/mol. The summed E-state index contributed by atoms with van der Waals surface area (Å²) < 4.78 is 0. The lowest BCUT2D eigenvalue weighted by atomic mass is 10.1. The van der Waals surface area contributed by atoms with E-state index in [1.165, 1.54) is 12.1 Å². The van der Waals surface area contributed by atoms with Crippen LogP contribution in [0.15, 0.2) is 18.2 Å². The van der Waals surface area contributed by atoms with Gasteiger partial charge >= 0.3 is 0 Å². The molecule has 98 valence electrons. The van der Waals surface area contributed by atoms with E-state index >= 15 is 0 Å². The van der Waals surface area contributed by atoms with E-state index in [-0.39, 0.29) is 12.3 Å². The molecule has 0 spiro atoms. The van der Waals surface area contributed by atoms with E-state index in [4.69, 9.17) is 0 Å². The van der Waals surface area contributed by atoms with Crippen molar-refractivity contribution >= 4 is 23.1 Å². The minimum Gasteiger partial charge on any atom is -0.392 e. The molecule has 6 heteroatoms. The highest BCUT2D eigenvalue weighted by atomic mass is 32.2. The molecule has 1 fully saturated rings. The number of anilines is 1. The van der Waals surface area contributed by atoms with E-state index in [0.29, 0.717) is 10.8 Å². The van der Waals surface area contributed by atoms with Crippen molar-refractivity contribution in [1.29, 1.82) is 0 Å². The van der Waals surface area contributed by atoms with Crippen LogP contribution in [0.3, 0.4) is 0 Å². The summed E-state index contributed by atoms with van der Waals surface area (Å²) in [5.74, 6) is 1.04. The molecule has 1 atom stereocenters. The number of thioether (sulfide) groups is 1. The first-order chi connectivity index (χ1) is 8.61. The highest BCUT2D eigenvalue weighted by Gasteiger charge is 2.20. The molecule has 18 heavy (non-hydrogen) atoms. The molecule has 1 aliphatic heterocycles. The van der Waals surface area contributed by atoms with E-state index < -0.39 is 4.92 Å². The Hall–Kier alpha value is -1.27. The van der Waals surface area contributed by atoms with Crippen LogP contribution in [-0.2, 0) is 6.61 Å². The van der Waals surface area contributed by atoms with Gasteiger partial charge in [0.2, 0.25) is 0 Å². The molecule has 0 radical (unpaired) electrons. The first kappa shape index (κ1) is 13.2. The standard InChI is InChI=1S/C12H16N2O3S/c1-9-7-13(4-5-18-9)12-3-2-11(14(16)17)6-10(12)8-15/h2-3,6,9,15H,4-5,7-8H2,1H3. The SMILES string of the molecule is CC1CN(c2ccc([N+](=O)[O-])cc2CO)CCS1. The first-order valence-electron chi connectivity index (χ1n) is 5.86. The van der Waals surface area contributed by atoms with Crippen LogP contribution in [0.4, 0.5) is 11.4 Å². The Morgan fingerprint density at radius 1 is 1.61 bits per heavy atom. The smallest absolute Gasteiger partial charge is 0.269 e. The molecule has 1 aliphatic rings. The fourth-order valence-electron chi connectivity index (χ4n) is 2.16. The number of nitrogens with zero attached hydrogens (tertiary/aromatic N) is 2. The van der Waals surface area contributed by atoms with Crippen LogP contribution in [0.5, 0.6) is 0 Å². The maximum Gasteiger partial charge on any atom is 0.269 e. The Bertz CT molecular complexity index is 453. The maximum atomic E-state index is 10.7. The summed E-state index contributed by atoms with van der Waals surface area (Å²) in [6, 6.07) is 4.70. The van der Waals surface area contributed by atoms with E-state index in [9.17, 15) is 15.2 Å². The minimum absolute atomic E-state index is 0.0298. The topological polar surface area (TPSA) is 66.6 Å². The van der Waals surface area contributed by atoms with E-state index in [2.05, 4.69) is 11.8 Å². The zero-order valence-corrected chi connectivity index (χ0v) is 11.0. The maximum absolute atomic E-state index is 10.7. The predicted molar refractivity (Wildman–Crippen MR) is 73.2 cm³/mol. The van der Waals surface area contributed by atoms with Crippen LogP contribution in [0.1, 0.15) is 12.5 Å². The van der Waals surface area contributed by atoms with Crippen molar-refractivity contribution in [1.82, 2.24) is 0 Å². The molecule has 0 saturated carbocycles. The zero-order valence-electron chi connectivity index (χ0n) is 10.2. The third-order valence-electron chi connectivity index (χ3n) is 3.03. The normalized spacial score (nSPS) is 19.9. The minimum atomic E-state index is -0.433. The second-order valence-electron chi connectivity index (χ2n) is 4.36. The summed E-state index contributed by atoms with van der Waals surface area (Å²) in [7, 11) is 0. The van der Waals surface area contributed by atoms with Gasteiger partial charge in [0.05, 0.1) is 11.5 Å². The first-order valence-corrected chi connectivity index (χ1v) is 6.91. The summed E-state index contributed by atoms with van der Waals surface area (Å²) in [4.78, 5) is 12.5. The molecule has 0 amide bonds. The summed E-state index contributed by atoms with van der Waals surface area (Å²) in [5.41, 5.74) is 1.57. The van der Waals surface area contributed by atoms with Gasteiger partial charge in [-0.05, 0) is 6.07 Å². The summed E-state index contributed by atoms with van der Waals surface area (Å²) in [6.07, 6.45) is 0. The Kier molecular flexibility index (Phi) is 4.08. The van der Waals surface area contributed by atoms with Gasteiger partial charge in [0.15, 0.2) is 0 Å². The van der Waals surface area contributed by atoms with Crippen LogP contribution in [-0.4, -0.2) is 34.1 Å². The average molecular weight is 268 g/mol. The molecular weight excluding hydrogens is 252 g/mol. The molecule has 5 nitrogen and oxygen atoms in total. The van der Waals surface area contributed by atoms with Gasteiger partial charge in [0.1, 0.15) is 0 Å². The van der Waals surface area contributed by atoms with Gasteiger partial charge in [-0.3, -0.25) is 10.1 Å². The van der Waals surface area contributed by atoms with Gasteiger partial charge in [0, 0.05) is 47.5 Å². The molecule has 1 aromatic rings. The van der Waals surface area contributed by atoms with Crippen molar-refractivity contribution in [3.05, 3.63) is 33.9 Å². The zero-order chi connectivity index (χ0) is 13.1. The molecule has 0 bridgehead atoms. The van der Waals surface area contributed by atoms with Crippen molar-refractivity contribution in [3.8, 4) is 0 Å². The molecule has 1 heterocycles. The predicted octanol–water partition coefficient (Wildman–Crippen LogP) is 2.03. The van der Waals surface area contributed by atoms with Crippen LogP contribution in [0.2, 0.25) is 0 Å². The van der Waals surface area contributed by atoms with Gasteiger partial charge < -0.3 is 10.0 Å². The van der Waals surface area contributed by atoms with Crippen molar-refractivity contribution in [2.45, 2.75) is 18.8 Å². The third-order valence-corrected chi connectivity index (χ3v) is 4.16. The summed E-state index contributed by atoms with van der Waals surface area (Å²) in [6.45, 7) is 3.82. The lowest BCUT2D eigenvalue weighted by Crippen LogP contribution is -2.37. The second kappa shape index (κ2) is 5.58. The van der Waals surface area contributed by atoms with Crippen molar-refractivity contribution < 1.29 is 10.0 Å². The van der Waals surface area contributed by atoms with Crippen LogP contribution in [0, 0.1) is 10.1 Å². The van der Waals surface area contributed by atoms with E-state index in [1.54, 1.807) is 6.07 Å². The lowest BCUT2D eigenvalue weighted by Gasteiger charge is -2.33. The van der Waals surface area contributed by atoms with Crippen molar-refractivity contribution in [2.24, 2.45) is 0 Å². The fourth-order valence-corrected chi connectivity index (χ4v) is 3.17. The van der Waals surface area contributed by atoms with Gasteiger partial charge in [-0.2, -0.15) is 11.8 Å². The number of aliphatic hydroxyl groups excluding tert-OH is 1. The van der Waals surface area contributed by atoms with Gasteiger partial charge in [-0.25, -0.2) is 0 Å². The van der Waals surface area contributed by atoms with Crippen molar-refractivity contribution in [2.75, 3.05) is 23.7 Å². The van der Waals surface area contributed by atoms with Gasteiger partial charge in [-0.15, -0.1) is 0 Å². The molecule has 1 N–H and O–H groups in total. The van der Waals surface area contributed by atoms with Crippen LogP contribution >= 0.6 is 11.8 Å². The van der Waals surface area contributed by atoms with E-state index in [0.717, 1.165) is 24.5 Å². The molecule has 1 aromatic carbocycles. The summed E-state index contributed by atoms with van der Waals surface area (Å²) >= 11 is 1.93. The Morgan fingerprint density at radius 3 is 3.00 bits per heavy atom. The highest BCUT2D eigenvalue weighted by Crippen LogP contribution is 2.29. The van der Waals surface area contributed by atoms with Crippen LogP contribution < -0.4 is 4.90 Å². The molecule has 1 unspecified atom stereocenters. The summed E-state index contributed by atoms with van der Waals surface area (Å²) in [5, 5.41) is 20.6. The van der Waals surface area contributed by atoms with E-state index in [1.807, 2.05) is 11.8 Å². The number of hydrogen-bond donors (Lipinski definition) is 1. The fraction of sp³-hybridized carbons (Fsp3) is 0.500. The third kappa shape index (κ3) is 2.76. The number of rotatable bonds is 3. The molecule has 0 aliphatic carbocycles. The molecule has 2 rings (SSSR count). The molecule has 0 aromatic heterocycles. The van der Waals surface area contributed by atoms with Gasteiger partial charge in [-0.1, -0.05) is 6.92 Å². The molecule has 1 saturated heterocycles. The number of hydrogen-bond acceptors (Lipinski definition) is 5. The van der Waals surface area contributed by atoms with Gasteiger partial charge in [0.25, 0.3) is 5.69 Å². The number of benzene rings is 1. The molecular formula is C12H16N2O3S.